The summed E-state index contributed by atoms with van der Waals surface area (Å²) in [6, 6.07) is 18.5. The molecule has 0 atom stereocenters. The fourth-order valence-corrected chi connectivity index (χ4v) is 2.66. The third kappa shape index (κ3) is 6.58. The highest BCUT2D eigenvalue weighted by atomic mass is 79.9. The van der Waals surface area contributed by atoms with Crippen LogP contribution in [0.25, 0.3) is 6.08 Å². The van der Waals surface area contributed by atoms with Gasteiger partial charge in [0, 0.05) is 11.8 Å². The van der Waals surface area contributed by atoms with E-state index in [1.54, 1.807) is 24.3 Å². The van der Waals surface area contributed by atoms with Crippen molar-refractivity contribution in [2.45, 2.75) is 0 Å². The normalized spacial score (nSPS) is 10.3. The van der Waals surface area contributed by atoms with Crippen molar-refractivity contribution < 1.29 is 13.6 Å². The second kappa shape index (κ2) is 10.7. The highest BCUT2D eigenvalue weighted by Gasteiger charge is 2.06. The Hall–Kier alpha value is -2.51. The zero-order valence-electron chi connectivity index (χ0n) is 14.5. The number of benzene rings is 3. The Morgan fingerprint density at radius 1 is 0.857 bits per heavy atom. The van der Waals surface area contributed by atoms with Gasteiger partial charge < -0.3 is 11.1 Å². The maximum absolute atomic E-state index is 13.3. The summed E-state index contributed by atoms with van der Waals surface area (Å²) in [4.78, 5) is 11.7. The molecule has 3 rings (SSSR count). The standard InChI is InChI=1S/C15H11BrFNO.C6H5BrFN/c16-15-12(17)7-4-8-13(15)18-14(19)10-9-11-5-2-1-3-6-11;7-6-4(8)2-1-3-5(6)9/h1-10H,(H,18,19);1-3H,9H2. The molecule has 3 aromatic carbocycles. The summed E-state index contributed by atoms with van der Waals surface area (Å²) in [6.07, 6.45) is 3.11. The monoisotopic (exact) mass is 508 g/mol. The maximum Gasteiger partial charge on any atom is 0.248 e. The Balaban J connectivity index is 0.000000261. The van der Waals surface area contributed by atoms with Gasteiger partial charge in [0.25, 0.3) is 0 Å². The van der Waals surface area contributed by atoms with E-state index in [4.69, 9.17) is 5.73 Å². The predicted octanol–water partition coefficient (Wildman–Crippen LogP) is 6.41. The Kier molecular flexibility index (Phi) is 8.35. The molecule has 0 saturated heterocycles. The quantitative estimate of drug-likeness (QED) is 0.316. The number of halogens is 4. The van der Waals surface area contributed by atoms with Crippen molar-refractivity contribution in [1.82, 2.24) is 0 Å². The fourth-order valence-electron chi connectivity index (χ4n) is 2.03. The van der Waals surface area contributed by atoms with Crippen LogP contribution in [-0.2, 0) is 4.79 Å². The van der Waals surface area contributed by atoms with Crippen molar-refractivity contribution in [2.24, 2.45) is 0 Å². The van der Waals surface area contributed by atoms with Gasteiger partial charge in [-0.25, -0.2) is 8.78 Å². The molecule has 28 heavy (non-hydrogen) atoms. The molecule has 0 radical (unpaired) electrons. The zero-order chi connectivity index (χ0) is 20.5. The summed E-state index contributed by atoms with van der Waals surface area (Å²) in [5.74, 6) is -1.05. The van der Waals surface area contributed by atoms with Gasteiger partial charge in [-0.3, -0.25) is 4.79 Å². The first kappa shape index (κ1) is 21.8. The summed E-state index contributed by atoms with van der Waals surface area (Å²) in [7, 11) is 0. The first-order chi connectivity index (χ1) is 13.4. The third-order valence-electron chi connectivity index (χ3n) is 3.42. The number of hydrogen-bond donors (Lipinski definition) is 2. The molecule has 3 aromatic rings. The third-order valence-corrected chi connectivity index (χ3v) is 5.06. The number of hydrogen-bond acceptors (Lipinski definition) is 2. The van der Waals surface area contributed by atoms with Crippen LogP contribution in [0, 0.1) is 11.6 Å². The van der Waals surface area contributed by atoms with Gasteiger partial charge >= 0.3 is 0 Å². The molecule has 0 aliphatic heterocycles. The lowest BCUT2D eigenvalue weighted by Crippen LogP contribution is -2.08. The lowest BCUT2D eigenvalue weighted by Gasteiger charge is -2.05. The minimum atomic E-state index is -0.412. The maximum atomic E-state index is 13.3. The van der Waals surface area contributed by atoms with E-state index >= 15 is 0 Å². The van der Waals surface area contributed by atoms with Crippen LogP contribution in [0.2, 0.25) is 0 Å². The van der Waals surface area contributed by atoms with Crippen LogP contribution >= 0.6 is 31.9 Å². The van der Waals surface area contributed by atoms with Crippen LogP contribution < -0.4 is 11.1 Å². The Labute approximate surface area is 178 Å². The lowest BCUT2D eigenvalue weighted by molar-refractivity contribution is -0.111. The number of amides is 1. The number of nitrogen functional groups attached to an aromatic ring is 1. The number of rotatable bonds is 3. The van der Waals surface area contributed by atoms with Crippen molar-refractivity contribution in [1.29, 1.82) is 0 Å². The van der Waals surface area contributed by atoms with Crippen LogP contribution in [-0.4, -0.2) is 5.91 Å². The van der Waals surface area contributed by atoms with Crippen LogP contribution in [0.1, 0.15) is 5.56 Å². The van der Waals surface area contributed by atoms with Crippen molar-refractivity contribution in [2.75, 3.05) is 11.1 Å². The molecule has 7 heteroatoms. The Morgan fingerprint density at radius 3 is 2.07 bits per heavy atom. The van der Waals surface area contributed by atoms with E-state index in [0.717, 1.165) is 5.56 Å². The molecule has 0 spiro atoms. The van der Waals surface area contributed by atoms with Crippen LogP contribution in [0.3, 0.4) is 0 Å². The summed E-state index contributed by atoms with van der Waals surface area (Å²) in [6.45, 7) is 0. The largest absolute Gasteiger partial charge is 0.398 e. The minimum Gasteiger partial charge on any atom is -0.398 e. The van der Waals surface area contributed by atoms with E-state index < -0.39 is 5.82 Å². The summed E-state index contributed by atoms with van der Waals surface area (Å²) in [5, 5.41) is 2.61. The SMILES string of the molecule is Nc1cccc(F)c1Br.O=C(C=Cc1ccccc1)Nc1cccc(F)c1Br. The topological polar surface area (TPSA) is 55.1 Å². The molecule has 0 bridgehead atoms. The highest BCUT2D eigenvalue weighted by Crippen LogP contribution is 2.25. The first-order valence-electron chi connectivity index (χ1n) is 8.06. The van der Waals surface area contributed by atoms with Gasteiger partial charge in [0.15, 0.2) is 0 Å². The van der Waals surface area contributed by atoms with Crippen LogP contribution in [0.15, 0.2) is 81.8 Å². The van der Waals surface area contributed by atoms with Gasteiger partial charge in [-0.2, -0.15) is 0 Å². The molecular weight excluding hydrogens is 494 g/mol. The van der Waals surface area contributed by atoms with Gasteiger partial charge in [-0.15, -0.1) is 0 Å². The fraction of sp³-hybridized carbons (Fsp3) is 0. The number of carbonyl (C=O) groups excluding carboxylic acids is 1. The number of nitrogens with one attached hydrogen (secondary N) is 1. The van der Waals surface area contributed by atoms with Crippen LogP contribution in [0.4, 0.5) is 20.2 Å². The van der Waals surface area contributed by atoms with Crippen LogP contribution in [0.5, 0.6) is 0 Å². The molecule has 144 valence electrons. The predicted molar refractivity (Wildman–Crippen MR) is 117 cm³/mol. The average Bonchev–Trinajstić information content (AvgIpc) is 2.69. The van der Waals surface area contributed by atoms with E-state index in [1.807, 2.05) is 30.3 Å². The van der Waals surface area contributed by atoms with Crippen molar-refractivity contribution in [3.05, 3.63) is 98.9 Å². The molecule has 0 fully saturated rings. The molecule has 0 aliphatic rings. The summed E-state index contributed by atoms with van der Waals surface area (Å²) >= 11 is 6.07. The van der Waals surface area contributed by atoms with E-state index in [0.29, 0.717) is 15.8 Å². The van der Waals surface area contributed by atoms with Crippen molar-refractivity contribution in [3.63, 3.8) is 0 Å². The molecule has 0 aromatic heterocycles. The van der Waals surface area contributed by atoms with Gasteiger partial charge in [0.1, 0.15) is 11.6 Å². The summed E-state index contributed by atoms with van der Waals surface area (Å²) < 4.78 is 26.3. The van der Waals surface area contributed by atoms with Gasteiger partial charge in [-0.1, -0.05) is 42.5 Å². The van der Waals surface area contributed by atoms with E-state index in [9.17, 15) is 13.6 Å². The molecule has 0 saturated carbocycles. The van der Waals surface area contributed by atoms with Crippen molar-refractivity contribution in [3.8, 4) is 0 Å². The molecule has 0 aliphatic carbocycles. The van der Waals surface area contributed by atoms with Crippen molar-refractivity contribution >= 4 is 55.2 Å². The van der Waals surface area contributed by atoms with Gasteiger partial charge in [0.2, 0.25) is 5.91 Å². The number of anilines is 2. The molecule has 3 N–H and O–H groups in total. The Morgan fingerprint density at radius 2 is 1.46 bits per heavy atom. The summed E-state index contributed by atoms with van der Waals surface area (Å²) in [5.41, 5.74) is 7.09. The molecule has 0 unspecified atom stereocenters. The van der Waals surface area contributed by atoms with E-state index in [2.05, 4.69) is 37.2 Å². The highest BCUT2D eigenvalue weighted by molar-refractivity contribution is 9.11. The van der Waals surface area contributed by atoms with Gasteiger partial charge in [0.05, 0.1) is 14.6 Å². The first-order valence-corrected chi connectivity index (χ1v) is 9.64. The minimum absolute atomic E-state index is 0.247. The molecule has 1 amide bonds. The second-order valence-corrected chi connectivity index (χ2v) is 7.06. The zero-order valence-corrected chi connectivity index (χ0v) is 17.7. The number of nitrogens with two attached hydrogens (primary N) is 1. The molecular formula is C21H16Br2F2N2O. The van der Waals surface area contributed by atoms with Gasteiger partial charge in [-0.05, 0) is 67.8 Å². The molecule has 3 nitrogen and oxygen atoms in total. The average molecular weight is 510 g/mol. The van der Waals surface area contributed by atoms with E-state index in [-0.39, 0.29) is 16.2 Å². The second-order valence-electron chi connectivity index (χ2n) is 5.48. The smallest absolute Gasteiger partial charge is 0.248 e. The molecule has 0 heterocycles. The number of carbonyl (C=O) groups is 1. The lowest BCUT2D eigenvalue weighted by atomic mass is 10.2. The van der Waals surface area contributed by atoms with E-state index in [1.165, 1.54) is 24.3 Å². The Bertz CT molecular complexity index is 959.